The molecule has 6 heteroatoms. The van der Waals surface area contributed by atoms with Gasteiger partial charge in [-0.05, 0) is 96.1 Å². The van der Waals surface area contributed by atoms with Crippen molar-refractivity contribution in [3.05, 3.63) is 243 Å². The standard InChI is InChI=1S/C63H40N6/c1-3-17-41(18-4-1)61-64-62(42-19-5-2-6-20-42)66-63(65-61)43-31-34-46(35-32-43)67-59-30-16-11-25-53(59)54-39-44(33-36-60(54)67)45-37-47(68-55-26-12-7-21-49(55)50-22-8-13-27-56(50)68)40-48(38-45)69-57-28-14-9-23-51(57)52-24-10-15-29-58(52)69/h1-40H. The van der Waals surface area contributed by atoms with Crippen molar-refractivity contribution >= 4 is 65.4 Å². The molecule has 0 amide bonds. The zero-order valence-corrected chi connectivity index (χ0v) is 37.3. The summed E-state index contributed by atoms with van der Waals surface area (Å²) in [6, 6.07) is 86.6. The van der Waals surface area contributed by atoms with E-state index in [1.54, 1.807) is 0 Å². The first kappa shape index (κ1) is 38.8. The van der Waals surface area contributed by atoms with Gasteiger partial charge in [0.15, 0.2) is 17.5 Å². The zero-order chi connectivity index (χ0) is 45.4. The van der Waals surface area contributed by atoms with E-state index in [0.29, 0.717) is 17.5 Å². The summed E-state index contributed by atoms with van der Waals surface area (Å²) < 4.78 is 7.23. The summed E-state index contributed by atoms with van der Waals surface area (Å²) in [5, 5.41) is 7.33. The molecule has 0 saturated carbocycles. The van der Waals surface area contributed by atoms with Gasteiger partial charge in [0, 0.05) is 66.1 Å². The van der Waals surface area contributed by atoms with Crippen LogP contribution in [0.5, 0.6) is 0 Å². The highest BCUT2D eigenvalue weighted by molar-refractivity contribution is 6.12. The molecule has 0 atom stereocenters. The summed E-state index contributed by atoms with van der Waals surface area (Å²) in [5.41, 5.74) is 15.3. The lowest BCUT2D eigenvalue weighted by molar-refractivity contribution is 1.07. The SMILES string of the molecule is c1ccc(-c2nc(-c3ccccc3)nc(-c3ccc(-n4c5ccccc5c5cc(-c6cc(-n7c8ccccc8c8ccccc87)cc(-n7c8ccccc8c8ccccc87)c6)ccc54)cc3)n2)cc1. The lowest BCUT2D eigenvalue weighted by atomic mass is 10.0. The van der Waals surface area contributed by atoms with Crippen molar-refractivity contribution in [3.8, 4) is 62.4 Å². The second-order valence-electron chi connectivity index (χ2n) is 17.6. The molecule has 4 heterocycles. The van der Waals surface area contributed by atoms with Gasteiger partial charge in [-0.15, -0.1) is 0 Å². The molecule has 322 valence electrons. The van der Waals surface area contributed by atoms with Gasteiger partial charge in [-0.2, -0.15) is 0 Å². The first-order valence-corrected chi connectivity index (χ1v) is 23.4. The molecule has 0 aliphatic heterocycles. The summed E-state index contributed by atoms with van der Waals surface area (Å²) in [4.78, 5) is 14.9. The molecular weight excluding hydrogens is 841 g/mol. The molecule has 0 saturated heterocycles. The Kier molecular flexibility index (Phi) is 8.79. The maximum Gasteiger partial charge on any atom is 0.164 e. The fourth-order valence-corrected chi connectivity index (χ4v) is 10.5. The van der Waals surface area contributed by atoms with Gasteiger partial charge < -0.3 is 13.7 Å². The van der Waals surface area contributed by atoms with Gasteiger partial charge in [0.2, 0.25) is 0 Å². The third-order valence-electron chi connectivity index (χ3n) is 13.7. The minimum absolute atomic E-state index is 0.629. The minimum atomic E-state index is 0.629. The first-order chi connectivity index (χ1) is 34.2. The monoisotopic (exact) mass is 880 g/mol. The van der Waals surface area contributed by atoms with Crippen LogP contribution in [0.4, 0.5) is 0 Å². The molecule has 0 bridgehead atoms. The van der Waals surface area contributed by atoms with Crippen LogP contribution in [-0.2, 0) is 0 Å². The lowest BCUT2D eigenvalue weighted by Gasteiger charge is -2.16. The molecule has 0 aliphatic carbocycles. The Hall–Kier alpha value is -9.39. The number of benzene rings is 10. The van der Waals surface area contributed by atoms with E-state index in [2.05, 4.69) is 196 Å². The lowest BCUT2D eigenvalue weighted by Crippen LogP contribution is -2.00. The summed E-state index contributed by atoms with van der Waals surface area (Å²) >= 11 is 0. The summed E-state index contributed by atoms with van der Waals surface area (Å²) in [6.07, 6.45) is 0. The number of hydrogen-bond donors (Lipinski definition) is 0. The third kappa shape index (κ3) is 6.30. The molecule has 69 heavy (non-hydrogen) atoms. The van der Waals surface area contributed by atoms with E-state index in [1.165, 1.54) is 54.4 Å². The third-order valence-corrected chi connectivity index (χ3v) is 13.7. The summed E-state index contributed by atoms with van der Waals surface area (Å²) in [7, 11) is 0. The van der Waals surface area contributed by atoms with Crippen molar-refractivity contribution in [1.82, 2.24) is 28.7 Å². The molecule has 14 aromatic rings. The largest absolute Gasteiger partial charge is 0.309 e. The van der Waals surface area contributed by atoms with Crippen LogP contribution in [0.1, 0.15) is 0 Å². The van der Waals surface area contributed by atoms with Crippen molar-refractivity contribution in [1.29, 1.82) is 0 Å². The fraction of sp³-hybridized carbons (Fsp3) is 0. The highest BCUT2D eigenvalue weighted by atomic mass is 15.0. The van der Waals surface area contributed by atoms with Gasteiger partial charge in [-0.3, -0.25) is 0 Å². The van der Waals surface area contributed by atoms with Crippen molar-refractivity contribution in [3.63, 3.8) is 0 Å². The number of hydrogen-bond acceptors (Lipinski definition) is 3. The Morgan fingerprint density at radius 2 is 0.522 bits per heavy atom. The Morgan fingerprint density at radius 1 is 0.203 bits per heavy atom. The molecule has 0 N–H and O–H groups in total. The van der Waals surface area contributed by atoms with Gasteiger partial charge in [-0.25, -0.2) is 15.0 Å². The van der Waals surface area contributed by atoms with Crippen LogP contribution in [0.3, 0.4) is 0 Å². The molecule has 0 fully saturated rings. The molecule has 6 nitrogen and oxygen atoms in total. The molecule has 10 aromatic carbocycles. The molecular formula is C63H40N6. The Balaban J connectivity index is 0.936. The van der Waals surface area contributed by atoms with Crippen LogP contribution < -0.4 is 0 Å². The van der Waals surface area contributed by atoms with E-state index in [4.69, 9.17) is 15.0 Å². The quantitative estimate of drug-likeness (QED) is 0.160. The molecule has 0 unspecified atom stereocenters. The van der Waals surface area contributed by atoms with Crippen molar-refractivity contribution in [2.45, 2.75) is 0 Å². The highest BCUT2D eigenvalue weighted by Gasteiger charge is 2.20. The molecule has 0 aliphatic rings. The number of para-hydroxylation sites is 5. The zero-order valence-electron chi connectivity index (χ0n) is 37.3. The maximum atomic E-state index is 5.00. The predicted octanol–water partition coefficient (Wildman–Crippen LogP) is 15.8. The number of rotatable bonds is 7. The summed E-state index contributed by atoms with van der Waals surface area (Å²) in [5.74, 6) is 1.92. The van der Waals surface area contributed by atoms with E-state index in [9.17, 15) is 0 Å². The van der Waals surface area contributed by atoms with Crippen molar-refractivity contribution in [2.75, 3.05) is 0 Å². The number of nitrogens with zero attached hydrogens (tertiary/aromatic N) is 6. The molecule has 0 spiro atoms. The Labute approximate surface area is 397 Å². The second-order valence-corrected chi connectivity index (χ2v) is 17.6. The van der Waals surface area contributed by atoms with E-state index in [1.807, 2.05) is 60.7 Å². The number of fused-ring (bicyclic) bond motifs is 9. The molecule has 0 radical (unpaired) electrons. The second kappa shape index (κ2) is 15.6. The van der Waals surface area contributed by atoms with Crippen LogP contribution >= 0.6 is 0 Å². The summed E-state index contributed by atoms with van der Waals surface area (Å²) in [6.45, 7) is 0. The van der Waals surface area contributed by atoms with Gasteiger partial charge in [0.25, 0.3) is 0 Å². The van der Waals surface area contributed by atoms with Gasteiger partial charge in [0.05, 0.1) is 33.1 Å². The van der Waals surface area contributed by atoms with Gasteiger partial charge >= 0.3 is 0 Å². The number of aromatic nitrogens is 6. The van der Waals surface area contributed by atoms with Crippen molar-refractivity contribution < 1.29 is 0 Å². The van der Waals surface area contributed by atoms with Crippen molar-refractivity contribution in [2.24, 2.45) is 0 Å². The van der Waals surface area contributed by atoms with Crippen LogP contribution in [-0.4, -0.2) is 28.7 Å². The van der Waals surface area contributed by atoms with Crippen LogP contribution in [0.2, 0.25) is 0 Å². The van der Waals surface area contributed by atoms with E-state index in [0.717, 1.165) is 55.9 Å². The normalized spacial score (nSPS) is 11.8. The van der Waals surface area contributed by atoms with E-state index < -0.39 is 0 Å². The topological polar surface area (TPSA) is 53.5 Å². The average Bonchev–Trinajstić information content (AvgIpc) is 4.07. The minimum Gasteiger partial charge on any atom is -0.309 e. The van der Waals surface area contributed by atoms with Gasteiger partial charge in [0.1, 0.15) is 0 Å². The average molecular weight is 881 g/mol. The van der Waals surface area contributed by atoms with E-state index >= 15 is 0 Å². The predicted molar refractivity (Wildman–Crippen MR) is 285 cm³/mol. The maximum absolute atomic E-state index is 5.00. The first-order valence-electron chi connectivity index (χ1n) is 23.4. The van der Waals surface area contributed by atoms with Crippen LogP contribution in [0, 0.1) is 0 Å². The molecule has 14 rings (SSSR count). The Bertz CT molecular complexity index is 4000. The molecule has 4 aromatic heterocycles. The fourth-order valence-electron chi connectivity index (χ4n) is 10.5. The Morgan fingerprint density at radius 3 is 0.942 bits per heavy atom. The smallest absolute Gasteiger partial charge is 0.164 e. The van der Waals surface area contributed by atoms with Gasteiger partial charge in [-0.1, -0.05) is 158 Å². The van der Waals surface area contributed by atoms with E-state index in [-0.39, 0.29) is 0 Å². The van der Waals surface area contributed by atoms with Crippen LogP contribution in [0.15, 0.2) is 243 Å². The van der Waals surface area contributed by atoms with Crippen LogP contribution in [0.25, 0.3) is 128 Å². The highest BCUT2D eigenvalue weighted by Crippen LogP contribution is 2.40.